The zero-order chi connectivity index (χ0) is 14.7. The molecule has 2 aromatic rings. The molecule has 0 N–H and O–H groups in total. The van der Waals surface area contributed by atoms with Crippen molar-refractivity contribution < 1.29 is 8.94 Å². The summed E-state index contributed by atoms with van der Waals surface area (Å²) in [6, 6.07) is 0. The first-order valence-corrected chi connectivity index (χ1v) is 7.68. The topological polar surface area (TPSA) is 77.8 Å². The molecular formula is C13H20N4O2S. The molecule has 0 amide bonds. The lowest BCUT2D eigenvalue weighted by Crippen LogP contribution is -1.95. The maximum absolute atomic E-state index is 5.69. The summed E-state index contributed by atoms with van der Waals surface area (Å²) in [7, 11) is 0. The Kier molecular flexibility index (Phi) is 4.80. The standard InChI is InChI=1S/C13H20N4O2S/c1-7(2)6-11-15-16-13(18-11)9(4)20-8(3)12-14-10(5)17-19-12/h7-9H,6H2,1-5H3/t8-,9-/m1/s1. The van der Waals surface area contributed by atoms with Crippen molar-refractivity contribution in [1.29, 1.82) is 0 Å². The van der Waals surface area contributed by atoms with E-state index in [9.17, 15) is 0 Å². The van der Waals surface area contributed by atoms with Gasteiger partial charge >= 0.3 is 0 Å². The summed E-state index contributed by atoms with van der Waals surface area (Å²) in [5.41, 5.74) is 0. The summed E-state index contributed by atoms with van der Waals surface area (Å²) in [5, 5.41) is 12.2. The van der Waals surface area contributed by atoms with Crippen LogP contribution in [-0.2, 0) is 6.42 Å². The van der Waals surface area contributed by atoms with E-state index >= 15 is 0 Å². The molecular weight excluding hydrogens is 276 g/mol. The van der Waals surface area contributed by atoms with Gasteiger partial charge in [-0.15, -0.1) is 22.0 Å². The van der Waals surface area contributed by atoms with E-state index in [1.165, 1.54) is 0 Å². The number of nitrogens with zero attached hydrogens (tertiary/aromatic N) is 4. The summed E-state index contributed by atoms with van der Waals surface area (Å²) >= 11 is 1.66. The number of rotatable bonds is 6. The van der Waals surface area contributed by atoms with Gasteiger partial charge in [0.15, 0.2) is 5.82 Å². The summed E-state index contributed by atoms with van der Waals surface area (Å²) < 4.78 is 10.9. The lowest BCUT2D eigenvalue weighted by Gasteiger charge is -2.10. The molecule has 0 spiro atoms. The van der Waals surface area contributed by atoms with Crippen molar-refractivity contribution in [3.05, 3.63) is 23.5 Å². The second kappa shape index (κ2) is 6.39. The number of hydrogen-bond donors (Lipinski definition) is 0. The van der Waals surface area contributed by atoms with Crippen molar-refractivity contribution in [3.63, 3.8) is 0 Å². The predicted octanol–water partition coefficient (Wildman–Crippen LogP) is 3.51. The Morgan fingerprint density at radius 1 is 1.05 bits per heavy atom. The molecule has 2 atom stereocenters. The molecule has 0 aliphatic rings. The molecule has 2 heterocycles. The van der Waals surface area contributed by atoms with Crippen LogP contribution in [0.4, 0.5) is 0 Å². The van der Waals surface area contributed by atoms with Gasteiger partial charge in [-0.25, -0.2) is 0 Å². The molecule has 2 rings (SSSR count). The fourth-order valence-electron chi connectivity index (χ4n) is 1.76. The minimum Gasteiger partial charge on any atom is -0.424 e. The highest BCUT2D eigenvalue weighted by Crippen LogP contribution is 2.38. The van der Waals surface area contributed by atoms with E-state index in [2.05, 4.69) is 34.2 Å². The predicted molar refractivity (Wildman–Crippen MR) is 76.3 cm³/mol. The highest BCUT2D eigenvalue weighted by atomic mass is 32.2. The van der Waals surface area contributed by atoms with Crippen LogP contribution in [0.5, 0.6) is 0 Å². The SMILES string of the molecule is Cc1noc([C@@H](C)S[C@H](C)c2nnc(CC(C)C)o2)n1. The number of aryl methyl sites for hydroxylation is 1. The van der Waals surface area contributed by atoms with Crippen LogP contribution in [0.2, 0.25) is 0 Å². The number of hydrogen-bond acceptors (Lipinski definition) is 7. The monoisotopic (exact) mass is 296 g/mol. The first-order valence-electron chi connectivity index (χ1n) is 6.73. The first-order chi connectivity index (χ1) is 9.45. The lowest BCUT2D eigenvalue weighted by atomic mass is 10.1. The molecule has 0 aromatic carbocycles. The zero-order valence-electron chi connectivity index (χ0n) is 12.5. The summed E-state index contributed by atoms with van der Waals surface area (Å²) in [4.78, 5) is 4.24. The second-order valence-corrected chi connectivity index (χ2v) is 6.92. The zero-order valence-corrected chi connectivity index (χ0v) is 13.3. The molecule has 7 heteroatoms. The van der Waals surface area contributed by atoms with E-state index < -0.39 is 0 Å². The molecule has 0 fully saturated rings. The fraction of sp³-hybridized carbons (Fsp3) is 0.692. The Morgan fingerprint density at radius 2 is 1.75 bits per heavy atom. The maximum Gasteiger partial charge on any atom is 0.239 e. The van der Waals surface area contributed by atoms with E-state index in [1.807, 2.05) is 20.8 Å². The van der Waals surface area contributed by atoms with E-state index in [1.54, 1.807) is 11.8 Å². The largest absolute Gasteiger partial charge is 0.424 e. The van der Waals surface area contributed by atoms with E-state index in [-0.39, 0.29) is 10.5 Å². The van der Waals surface area contributed by atoms with E-state index in [4.69, 9.17) is 8.94 Å². The van der Waals surface area contributed by atoms with Crippen LogP contribution in [0, 0.1) is 12.8 Å². The van der Waals surface area contributed by atoms with E-state index in [0.717, 1.165) is 6.42 Å². The van der Waals surface area contributed by atoms with Gasteiger partial charge in [0.1, 0.15) is 0 Å². The van der Waals surface area contributed by atoms with Crippen molar-refractivity contribution in [2.75, 3.05) is 0 Å². The van der Waals surface area contributed by atoms with Crippen LogP contribution >= 0.6 is 11.8 Å². The molecule has 0 bridgehead atoms. The Bertz CT molecular complexity index is 552. The van der Waals surface area contributed by atoms with Gasteiger partial charge in [-0.3, -0.25) is 0 Å². The molecule has 0 saturated carbocycles. The quantitative estimate of drug-likeness (QED) is 0.807. The smallest absolute Gasteiger partial charge is 0.239 e. The van der Waals surface area contributed by atoms with Gasteiger partial charge in [0.05, 0.1) is 10.5 Å². The molecule has 20 heavy (non-hydrogen) atoms. The van der Waals surface area contributed by atoms with Crippen LogP contribution in [0.15, 0.2) is 8.94 Å². The molecule has 0 saturated heterocycles. The summed E-state index contributed by atoms with van der Waals surface area (Å²) in [6.07, 6.45) is 0.808. The van der Waals surface area contributed by atoms with Gasteiger partial charge in [-0.1, -0.05) is 19.0 Å². The second-order valence-electron chi connectivity index (χ2n) is 5.23. The maximum atomic E-state index is 5.69. The van der Waals surface area contributed by atoms with Gasteiger partial charge in [0, 0.05) is 6.42 Å². The van der Waals surface area contributed by atoms with E-state index in [0.29, 0.717) is 29.4 Å². The molecule has 0 aliphatic carbocycles. The van der Waals surface area contributed by atoms with Crippen molar-refractivity contribution in [2.45, 2.75) is 51.5 Å². The Labute approximate surface area is 122 Å². The highest BCUT2D eigenvalue weighted by molar-refractivity contribution is 7.99. The lowest BCUT2D eigenvalue weighted by molar-refractivity contribution is 0.376. The fourth-order valence-corrected chi connectivity index (χ4v) is 2.80. The minimum absolute atomic E-state index is 0.0885. The number of aromatic nitrogens is 4. The molecule has 0 radical (unpaired) electrons. The van der Waals surface area contributed by atoms with Gasteiger partial charge in [-0.2, -0.15) is 4.98 Å². The summed E-state index contributed by atoms with van der Waals surface area (Å²) in [5.74, 6) is 3.13. The van der Waals surface area contributed by atoms with Crippen LogP contribution in [0.25, 0.3) is 0 Å². The molecule has 2 aromatic heterocycles. The normalized spacial score (nSPS) is 14.7. The minimum atomic E-state index is 0.0885. The molecule has 0 aliphatic heterocycles. The average Bonchev–Trinajstić information content (AvgIpc) is 2.97. The third kappa shape index (κ3) is 3.82. The first kappa shape index (κ1) is 15.0. The van der Waals surface area contributed by atoms with Crippen molar-refractivity contribution in [3.8, 4) is 0 Å². The third-order valence-electron chi connectivity index (χ3n) is 2.71. The van der Waals surface area contributed by atoms with Gasteiger partial charge in [0.25, 0.3) is 0 Å². The van der Waals surface area contributed by atoms with Crippen molar-refractivity contribution >= 4 is 11.8 Å². The molecule has 6 nitrogen and oxygen atoms in total. The van der Waals surface area contributed by atoms with Crippen LogP contribution < -0.4 is 0 Å². The summed E-state index contributed by atoms with van der Waals surface area (Å²) in [6.45, 7) is 10.1. The van der Waals surface area contributed by atoms with Crippen LogP contribution in [-0.4, -0.2) is 20.3 Å². The Hall–Kier alpha value is -1.37. The molecule has 0 unspecified atom stereocenters. The third-order valence-corrected chi connectivity index (χ3v) is 3.93. The average molecular weight is 296 g/mol. The Morgan fingerprint density at radius 3 is 2.35 bits per heavy atom. The van der Waals surface area contributed by atoms with Crippen molar-refractivity contribution in [2.24, 2.45) is 5.92 Å². The van der Waals surface area contributed by atoms with Gasteiger partial charge < -0.3 is 8.94 Å². The van der Waals surface area contributed by atoms with Gasteiger partial charge in [0.2, 0.25) is 17.7 Å². The number of thioether (sulfide) groups is 1. The Balaban J connectivity index is 1.97. The van der Waals surface area contributed by atoms with Crippen molar-refractivity contribution in [1.82, 2.24) is 20.3 Å². The van der Waals surface area contributed by atoms with Crippen LogP contribution in [0.1, 0.15) is 61.7 Å². The van der Waals surface area contributed by atoms with Crippen LogP contribution in [0.3, 0.4) is 0 Å². The van der Waals surface area contributed by atoms with Gasteiger partial charge in [-0.05, 0) is 26.7 Å². The molecule has 110 valence electrons. The highest BCUT2D eigenvalue weighted by Gasteiger charge is 2.21.